The van der Waals surface area contributed by atoms with Crippen molar-refractivity contribution < 1.29 is 14.7 Å². The predicted molar refractivity (Wildman–Crippen MR) is 146 cm³/mol. The summed E-state index contributed by atoms with van der Waals surface area (Å²) < 4.78 is 0. The molecule has 1 fully saturated rings. The molecule has 1 amide bonds. The van der Waals surface area contributed by atoms with E-state index in [1.54, 1.807) is 24.1 Å². The van der Waals surface area contributed by atoms with Gasteiger partial charge in [-0.3, -0.25) is 9.59 Å². The maximum absolute atomic E-state index is 13.3. The largest absolute Gasteiger partial charge is 0.385 e. The number of Topliss-reactive ketones (excluding diaryl/α,β-unsaturated/α-hetero) is 1. The molecule has 1 aliphatic rings. The summed E-state index contributed by atoms with van der Waals surface area (Å²) in [5, 5.41) is 12.1. The highest BCUT2D eigenvalue weighted by Gasteiger charge is 2.34. The van der Waals surface area contributed by atoms with Crippen molar-refractivity contribution in [1.29, 1.82) is 0 Å². The lowest BCUT2D eigenvalue weighted by molar-refractivity contribution is -0.117. The molecule has 4 rings (SSSR count). The highest BCUT2D eigenvalue weighted by molar-refractivity contribution is 6.42. The fourth-order valence-corrected chi connectivity index (χ4v) is 4.92. The lowest BCUT2D eigenvalue weighted by Gasteiger charge is -2.40. The maximum Gasteiger partial charge on any atom is 0.254 e. The first-order valence-electron chi connectivity index (χ1n) is 12.1. The summed E-state index contributed by atoms with van der Waals surface area (Å²) in [6.07, 6.45) is 1.52. The second-order valence-corrected chi connectivity index (χ2v) is 10.2. The van der Waals surface area contributed by atoms with Gasteiger partial charge in [0.25, 0.3) is 5.91 Å². The number of halogens is 2. The molecule has 0 spiro atoms. The van der Waals surface area contributed by atoms with E-state index in [1.807, 2.05) is 54.6 Å². The number of ketones is 1. The number of piperidine rings is 1. The Hall–Kier alpha value is -2.86. The van der Waals surface area contributed by atoms with Crippen molar-refractivity contribution in [1.82, 2.24) is 4.90 Å². The zero-order valence-electron chi connectivity index (χ0n) is 20.5. The predicted octanol–water partition coefficient (Wildman–Crippen LogP) is 6.20. The fraction of sp³-hybridized carbons (Fsp3) is 0.310. The number of hydrogen-bond acceptors (Lipinski definition) is 4. The van der Waals surface area contributed by atoms with Crippen LogP contribution < -0.4 is 4.90 Å². The molecule has 0 aliphatic carbocycles. The molecular weight excluding hydrogens is 495 g/mol. The SMILES string of the molecule is CC(=O)CCN(C)C(=O)c1ccc(N2CCC(O)(c3ccccc3)CC2)cc1-c1ccc(Cl)c(Cl)c1. The lowest BCUT2D eigenvalue weighted by atomic mass is 9.84. The summed E-state index contributed by atoms with van der Waals surface area (Å²) in [6, 6.07) is 20.9. The second-order valence-electron chi connectivity index (χ2n) is 9.42. The molecule has 7 heteroatoms. The monoisotopic (exact) mass is 524 g/mol. The van der Waals surface area contributed by atoms with Gasteiger partial charge in [0.1, 0.15) is 5.78 Å². The van der Waals surface area contributed by atoms with Crippen LogP contribution in [0.15, 0.2) is 66.7 Å². The molecule has 188 valence electrons. The Morgan fingerprint density at radius 2 is 1.67 bits per heavy atom. The third kappa shape index (κ3) is 5.75. The number of amides is 1. The minimum atomic E-state index is -0.848. The fourth-order valence-electron chi connectivity index (χ4n) is 4.62. The molecule has 3 aromatic carbocycles. The van der Waals surface area contributed by atoms with Crippen molar-refractivity contribution in [3.8, 4) is 11.1 Å². The molecule has 0 aromatic heterocycles. The number of nitrogens with zero attached hydrogens (tertiary/aromatic N) is 2. The Morgan fingerprint density at radius 1 is 0.972 bits per heavy atom. The summed E-state index contributed by atoms with van der Waals surface area (Å²) in [5.74, 6) is -0.128. The van der Waals surface area contributed by atoms with Crippen LogP contribution in [-0.4, -0.2) is 48.4 Å². The summed E-state index contributed by atoms with van der Waals surface area (Å²) in [7, 11) is 1.70. The molecule has 1 N–H and O–H groups in total. The Balaban J connectivity index is 1.64. The van der Waals surface area contributed by atoms with Gasteiger partial charge in [0, 0.05) is 44.4 Å². The second kappa shape index (κ2) is 11.0. The molecule has 36 heavy (non-hydrogen) atoms. The molecule has 0 unspecified atom stereocenters. The highest BCUT2D eigenvalue weighted by Crippen LogP contribution is 2.37. The van der Waals surface area contributed by atoms with Gasteiger partial charge in [-0.25, -0.2) is 0 Å². The lowest BCUT2D eigenvalue weighted by Crippen LogP contribution is -2.42. The normalized spacial score (nSPS) is 15.0. The first kappa shape index (κ1) is 26.2. The topological polar surface area (TPSA) is 60.9 Å². The average Bonchev–Trinajstić information content (AvgIpc) is 2.89. The molecule has 0 saturated carbocycles. The number of carbonyl (C=O) groups excluding carboxylic acids is 2. The van der Waals surface area contributed by atoms with Crippen molar-refractivity contribution in [3.63, 3.8) is 0 Å². The molecule has 3 aromatic rings. The number of anilines is 1. The van der Waals surface area contributed by atoms with Gasteiger partial charge < -0.3 is 14.9 Å². The van der Waals surface area contributed by atoms with Crippen molar-refractivity contribution in [2.45, 2.75) is 31.8 Å². The van der Waals surface area contributed by atoms with E-state index >= 15 is 0 Å². The van der Waals surface area contributed by atoms with Gasteiger partial charge in [0.05, 0.1) is 15.6 Å². The summed E-state index contributed by atoms with van der Waals surface area (Å²) in [4.78, 5) is 28.6. The van der Waals surface area contributed by atoms with Crippen LogP contribution in [0.4, 0.5) is 5.69 Å². The van der Waals surface area contributed by atoms with Crippen LogP contribution >= 0.6 is 23.2 Å². The van der Waals surface area contributed by atoms with Gasteiger partial charge in [-0.15, -0.1) is 0 Å². The van der Waals surface area contributed by atoms with Crippen LogP contribution in [-0.2, 0) is 10.4 Å². The number of benzene rings is 3. The van der Waals surface area contributed by atoms with E-state index in [-0.39, 0.29) is 11.7 Å². The van der Waals surface area contributed by atoms with Crippen LogP contribution in [0.1, 0.15) is 42.1 Å². The van der Waals surface area contributed by atoms with E-state index in [0.29, 0.717) is 54.5 Å². The van der Waals surface area contributed by atoms with Gasteiger partial charge in [0.15, 0.2) is 0 Å². The van der Waals surface area contributed by atoms with Crippen molar-refractivity contribution in [3.05, 3.63) is 87.9 Å². The van der Waals surface area contributed by atoms with Crippen molar-refractivity contribution >= 4 is 40.6 Å². The molecule has 0 atom stereocenters. The molecule has 1 heterocycles. The van der Waals surface area contributed by atoms with Crippen molar-refractivity contribution in [2.75, 3.05) is 31.6 Å². The van der Waals surface area contributed by atoms with Crippen LogP contribution in [0.5, 0.6) is 0 Å². The summed E-state index contributed by atoms with van der Waals surface area (Å²) >= 11 is 12.5. The van der Waals surface area contributed by atoms with Crippen molar-refractivity contribution in [2.24, 2.45) is 0 Å². The quantitative estimate of drug-likeness (QED) is 0.399. The molecule has 1 saturated heterocycles. The number of rotatable bonds is 7. The van der Waals surface area contributed by atoms with Gasteiger partial charge in [-0.05, 0) is 66.8 Å². The molecule has 0 bridgehead atoms. The Kier molecular flexibility index (Phi) is 8.04. The Bertz CT molecular complexity index is 1250. The van der Waals surface area contributed by atoms with E-state index in [0.717, 1.165) is 22.4 Å². The standard InChI is InChI=1S/C29H30Cl2N2O3/c1-20(34)12-15-32(2)28(35)24-10-9-23(19-25(24)21-8-11-26(30)27(31)18-21)33-16-13-29(36,14-17-33)22-6-4-3-5-7-22/h3-11,18-19,36H,12-17H2,1-2H3. The molecule has 0 radical (unpaired) electrons. The minimum absolute atomic E-state index is 0.0373. The first-order chi connectivity index (χ1) is 17.2. The van der Waals surface area contributed by atoms with E-state index in [4.69, 9.17) is 23.2 Å². The van der Waals surface area contributed by atoms with E-state index in [9.17, 15) is 14.7 Å². The summed E-state index contributed by atoms with van der Waals surface area (Å²) in [5.41, 5.74) is 3.12. The third-order valence-corrected chi connectivity index (χ3v) is 7.62. The smallest absolute Gasteiger partial charge is 0.254 e. The highest BCUT2D eigenvalue weighted by atomic mass is 35.5. The van der Waals surface area contributed by atoms with Crippen LogP contribution in [0.25, 0.3) is 11.1 Å². The minimum Gasteiger partial charge on any atom is -0.385 e. The van der Waals surface area contributed by atoms with Gasteiger partial charge >= 0.3 is 0 Å². The van der Waals surface area contributed by atoms with Gasteiger partial charge in [0.2, 0.25) is 0 Å². The molecular formula is C29H30Cl2N2O3. The Morgan fingerprint density at radius 3 is 2.31 bits per heavy atom. The van der Waals surface area contributed by atoms with Crippen LogP contribution in [0.3, 0.4) is 0 Å². The number of hydrogen-bond donors (Lipinski definition) is 1. The van der Waals surface area contributed by atoms with E-state index in [1.165, 1.54) is 6.92 Å². The van der Waals surface area contributed by atoms with E-state index < -0.39 is 5.60 Å². The van der Waals surface area contributed by atoms with Crippen LogP contribution in [0.2, 0.25) is 10.0 Å². The first-order valence-corrected chi connectivity index (χ1v) is 12.8. The maximum atomic E-state index is 13.3. The van der Waals surface area contributed by atoms with Gasteiger partial charge in [-0.1, -0.05) is 59.6 Å². The average molecular weight is 525 g/mol. The third-order valence-electron chi connectivity index (χ3n) is 6.88. The zero-order chi connectivity index (χ0) is 25.9. The van der Waals surface area contributed by atoms with Crippen LogP contribution in [0, 0.1) is 0 Å². The van der Waals surface area contributed by atoms with E-state index in [2.05, 4.69) is 4.90 Å². The van der Waals surface area contributed by atoms with Gasteiger partial charge in [-0.2, -0.15) is 0 Å². The molecule has 5 nitrogen and oxygen atoms in total. The number of aliphatic hydroxyl groups is 1. The number of carbonyl (C=O) groups is 2. The summed E-state index contributed by atoms with van der Waals surface area (Å²) in [6.45, 7) is 3.22. The Labute approximate surface area is 222 Å². The molecule has 1 aliphatic heterocycles. The zero-order valence-corrected chi connectivity index (χ0v) is 22.0.